The molecule has 3 rings (SSSR count). The fourth-order valence-electron chi connectivity index (χ4n) is 3.64. The predicted molar refractivity (Wildman–Crippen MR) is 91.8 cm³/mol. The lowest BCUT2D eigenvalue weighted by molar-refractivity contribution is -0.126. The molecule has 24 heavy (non-hydrogen) atoms. The summed E-state index contributed by atoms with van der Waals surface area (Å²) < 4.78 is 11.3. The Morgan fingerprint density at radius 1 is 1.42 bits per heavy atom. The Morgan fingerprint density at radius 3 is 2.88 bits per heavy atom. The fourth-order valence-corrected chi connectivity index (χ4v) is 3.64. The Balaban J connectivity index is 1.62. The molecule has 6 nitrogen and oxygen atoms in total. The normalized spacial score (nSPS) is 26.9. The molecule has 1 aromatic heterocycles. The van der Waals surface area contributed by atoms with E-state index in [0.717, 1.165) is 57.2 Å². The molecule has 134 valence electrons. The Bertz CT molecular complexity index is 539. The SMILES string of the molecule is Cc1ccc(C(CNC(=O)[C@H]2CCN[C@@H](C)C2)N2CCOCC2)o1. The third-order valence-electron chi connectivity index (χ3n) is 5.04. The van der Waals surface area contributed by atoms with Crippen LogP contribution in [0.5, 0.6) is 0 Å². The topological polar surface area (TPSA) is 66.7 Å². The van der Waals surface area contributed by atoms with Crippen molar-refractivity contribution in [2.24, 2.45) is 5.92 Å². The molecular formula is C18H29N3O3. The molecule has 2 aliphatic rings. The summed E-state index contributed by atoms with van der Waals surface area (Å²) in [6.07, 6.45) is 1.83. The summed E-state index contributed by atoms with van der Waals surface area (Å²) >= 11 is 0. The Hall–Kier alpha value is -1.37. The van der Waals surface area contributed by atoms with Crippen LogP contribution in [0.2, 0.25) is 0 Å². The van der Waals surface area contributed by atoms with E-state index in [1.807, 2.05) is 19.1 Å². The van der Waals surface area contributed by atoms with Gasteiger partial charge in [0.2, 0.25) is 5.91 Å². The average molecular weight is 335 g/mol. The minimum absolute atomic E-state index is 0.0747. The molecule has 1 unspecified atom stereocenters. The van der Waals surface area contributed by atoms with Crippen molar-refractivity contribution >= 4 is 5.91 Å². The van der Waals surface area contributed by atoms with Crippen molar-refractivity contribution in [2.45, 2.75) is 38.8 Å². The van der Waals surface area contributed by atoms with Gasteiger partial charge in [0.1, 0.15) is 11.5 Å². The molecule has 3 heterocycles. The van der Waals surface area contributed by atoms with Crippen LogP contribution < -0.4 is 10.6 Å². The molecule has 2 N–H and O–H groups in total. The van der Waals surface area contributed by atoms with Gasteiger partial charge in [-0.3, -0.25) is 9.69 Å². The van der Waals surface area contributed by atoms with E-state index in [1.54, 1.807) is 0 Å². The quantitative estimate of drug-likeness (QED) is 0.853. The number of rotatable bonds is 5. The molecule has 0 saturated carbocycles. The molecule has 2 aliphatic heterocycles. The van der Waals surface area contributed by atoms with Crippen molar-refractivity contribution in [1.82, 2.24) is 15.5 Å². The minimum Gasteiger partial charge on any atom is -0.465 e. The predicted octanol–water partition coefficient (Wildman–Crippen LogP) is 1.47. The number of carbonyl (C=O) groups is 1. The van der Waals surface area contributed by atoms with Crippen LogP contribution in [0.25, 0.3) is 0 Å². The summed E-state index contributed by atoms with van der Waals surface area (Å²) in [5.41, 5.74) is 0. The van der Waals surface area contributed by atoms with Gasteiger partial charge in [-0.1, -0.05) is 0 Å². The Morgan fingerprint density at radius 2 is 2.21 bits per heavy atom. The molecule has 1 aromatic rings. The lowest BCUT2D eigenvalue weighted by Crippen LogP contribution is -2.46. The third-order valence-corrected chi connectivity index (χ3v) is 5.04. The van der Waals surface area contributed by atoms with E-state index in [0.29, 0.717) is 12.6 Å². The minimum atomic E-state index is 0.0747. The first-order chi connectivity index (χ1) is 11.6. The number of carbonyl (C=O) groups excluding carboxylic acids is 1. The van der Waals surface area contributed by atoms with E-state index < -0.39 is 0 Å². The van der Waals surface area contributed by atoms with Gasteiger partial charge in [0.15, 0.2) is 0 Å². The van der Waals surface area contributed by atoms with Gasteiger partial charge in [-0.25, -0.2) is 0 Å². The van der Waals surface area contributed by atoms with E-state index in [4.69, 9.17) is 9.15 Å². The highest BCUT2D eigenvalue weighted by atomic mass is 16.5. The molecule has 0 aromatic carbocycles. The first-order valence-electron chi connectivity index (χ1n) is 9.02. The van der Waals surface area contributed by atoms with Crippen molar-refractivity contribution in [2.75, 3.05) is 39.4 Å². The van der Waals surface area contributed by atoms with Gasteiger partial charge < -0.3 is 19.8 Å². The van der Waals surface area contributed by atoms with E-state index in [2.05, 4.69) is 22.5 Å². The van der Waals surface area contributed by atoms with Gasteiger partial charge in [-0.05, 0) is 45.4 Å². The van der Waals surface area contributed by atoms with Gasteiger partial charge in [0.05, 0.1) is 19.3 Å². The van der Waals surface area contributed by atoms with Gasteiger partial charge in [0, 0.05) is 31.6 Å². The van der Waals surface area contributed by atoms with Gasteiger partial charge in [-0.2, -0.15) is 0 Å². The largest absolute Gasteiger partial charge is 0.465 e. The summed E-state index contributed by atoms with van der Waals surface area (Å²) in [6, 6.07) is 4.50. The molecule has 0 aliphatic carbocycles. The van der Waals surface area contributed by atoms with Crippen LogP contribution in [0, 0.1) is 12.8 Å². The molecule has 1 amide bonds. The van der Waals surface area contributed by atoms with Crippen molar-refractivity contribution in [3.8, 4) is 0 Å². The second-order valence-electron chi connectivity index (χ2n) is 6.93. The van der Waals surface area contributed by atoms with E-state index >= 15 is 0 Å². The van der Waals surface area contributed by atoms with Gasteiger partial charge in [0.25, 0.3) is 0 Å². The van der Waals surface area contributed by atoms with E-state index in [1.165, 1.54) is 0 Å². The highest BCUT2D eigenvalue weighted by Crippen LogP contribution is 2.24. The monoisotopic (exact) mass is 335 g/mol. The molecule has 0 bridgehead atoms. The maximum Gasteiger partial charge on any atom is 0.223 e. The summed E-state index contributed by atoms with van der Waals surface area (Å²) in [7, 11) is 0. The molecule has 0 spiro atoms. The third kappa shape index (κ3) is 4.37. The summed E-state index contributed by atoms with van der Waals surface area (Å²) in [5.74, 6) is 2.12. The lowest BCUT2D eigenvalue weighted by Gasteiger charge is -2.34. The van der Waals surface area contributed by atoms with Crippen LogP contribution >= 0.6 is 0 Å². The lowest BCUT2D eigenvalue weighted by atomic mass is 9.92. The smallest absolute Gasteiger partial charge is 0.223 e. The number of amides is 1. The van der Waals surface area contributed by atoms with Gasteiger partial charge in [-0.15, -0.1) is 0 Å². The number of furan rings is 1. The van der Waals surface area contributed by atoms with Crippen LogP contribution in [0.15, 0.2) is 16.5 Å². The first-order valence-corrected chi connectivity index (χ1v) is 9.02. The van der Waals surface area contributed by atoms with Crippen LogP contribution in [0.3, 0.4) is 0 Å². The summed E-state index contributed by atoms with van der Waals surface area (Å²) in [6.45, 7) is 8.80. The number of hydrogen-bond donors (Lipinski definition) is 2. The van der Waals surface area contributed by atoms with Crippen LogP contribution in [-0.2, 0) is 9.53 Å². The molecule has 2 saturated heterocycles. The second kappa shape index (κ2) is 8.14. The highest BCUT2D eigenvalue weighted by Gasteiger charge is 2.28. The zero-order valence-electron chi connectivity index (χ0n) is 14.7. The average Bonchev–Trinajstić information content (AvgIpc) is 3.02. The number of piperidine rings is 1. The van der Waals surface area contributed by atoms with E-state index in [9.17, 15) is 4.79 Å². The molecular weight excluding hydrogens is 306 g/mol. The highest BCUT2D eigenvalue weighted by molar-refractivity contribution is 5.78. The zero-order valence-corrected chi connectivity index (χ0v) is 14.7. The van der Waals surface area contributed by atoms with Crippen molar-refractivity contribution < 1.29 is 13.9 Å². The molecule has 6 heteroatoms. The second-order valence-corrected chi connectivity index (χ2v) is 6.93. The number of nitrogens with zero attached hydrogens (tertiary/aromatic N) is 1. The number of ether oxygens (including phenoxy) is 1. The molecule has 0 radical (unpaired) electrons. The molecule has 2 fully saturated rings. The summed E-state index contributed by atoms with van der Waals surface area (Å²) in [4.78, 5) is 14.9. The first kappa shape index (κ1) is 17.5. The van der Waals surface area contributed by atoms with Crippen LogP contribution in [-0.4, -0.2) is 56.2 Å². The fraction of sp³-hybridized carbons (Fsp3) is 0.722. The molecule has 3 atom stereocenters. The number of hydrogen-bond acceptors (Lipinski definition) is 5. The standard InChI is InChI=1S/C18H29N3O3/c1-13-11-15(5-6-19-13)18(22)20-12-16(17-4-3-14(2)24-17)21-7-9-23-10-8-21/h3-4,13,15-16,19H,5-12H2,1-2H3,(H,20,22)/t13-,15-,16?/m0/s1. The van der Waals surface area contributed by atoms with E-state index in [-0.39, 0.29) is 17.9 Å². The Labute approximate surface area is 143 Å². The zero-order chi connectivity index (χ0) is 16.9. The van der Waals surface area contributed by atoms with Crippen LogP contribution in [0.1, 0.15) is 37.3 Å². The van der Waals surface area contributed by atoms with Gasteiger partial charge >= 0.3 is 0 Å². The van der Waals surface area contributed by atoms with Crippen molar-refractivity contribution in [1.29, 1.82) is 0 Å². The maximum atomic E-state index is 12.6. The summed E-state index contributed by atoms with van der Waals surface area (Å²) in [5, 5.41) is 6.56. The number of morpholine rings is 1. The maximum absolute atomic E-state index is 12.6. The van der Waals surface area contributed by atoms with Crippen molar-refractivity contribution in [3.05, 3.63) is 23.7 Å². The number of nitrogens with one attached hydrogen (secondary N) is 2. The van der Waals surface area contributed by atoms with Crippen molar-refractivity contribution in [3.63, 3.8) is 0 Å². The van der Waals surface area contributed by atoms with Crippen LogP contribution in [0.4, 0.5) is 0 Å². The Kier molecular flexibility index (Phi) is 5.92. The number of aryl methyl sites for hydroxylation is 1.